The van der Waals surface area contributed by atoms with Crippen LogP contribution in [0.15, 0.2) is 30.3 Å². The van der Waals surface area contributed by atoms with Crippen molar-refractivity contribution in [3.05, 3.63) is 35.9 Å². The summed E-state index contributed by atoms with van der Waals surface area (Å²) in [4.78, 5) is 36.8. The number of rotatable bonds is 6. The van der Waals surface area contributed by atoms with E-state index in [1.807, 2.05) is 30.3 Å². The number of ether oxygens (including phenoxy) is 1. The molecule has 2 rings (SSSR count). The largest absolute Gasteiger partial charge is 0.459 e. The molecule has 2 amide bonds. The zero-order chi connectivity index (χ0) is 16.8. The summed E-state index contributed by atoms with van der Waals surface area (Å²) in [6.07, 6.45) is 0.990. The van der Waals surface area contributed by atoms with E-state index in [0.29, 0.717) is 19.4 Å². The Bertz CT molecular complexity index is 576. The summed E-state index contributed by atoms with van der Waals surface area (Å²) in [5.41, 5.74) is 11.6. The Kier molecular flexibility index (Phi) is 5.70. The lowest BCUT2D eigenvalue weighted by molar-refractivity contribution is -0.155. The molecule has 2 unspecified atom stereocenters. The summed E-state index contributed by atoms with van der Waals surface area (Å²) in [6.45, 7) is 0.585. The smallest absolute Gasteiger partial charge is 0.329 e. The minimum atomic E-state index is -1.02. The first-order valence-corrected chi connectivity index (χ1v) is 7.54. The molecule has 4 N–H and O–H groups in total. The Morgan fingerprint density at radius 3 is 2.61 bits per heavy atom. The molecule has 1 aliphatic heterocycles. The van der Waals surface area contributed by atoms with Gasteiger partial charge in [0.15, 0.2) is 0 Å². The summed E-state index contributed by atoms with van der Waals surface area (Å²) in [7, 11) is 0. The number of carbonyl (C=O) groups excluding carboxylic acids is 3. The van der Waals surface area contributed by atoms with E-state index in [-0.39, 0.29) is 13.0 Å². The van der Waals surface area contributed by atoms with Gasteiger partial charge in [0.05, 0.1) is 12.5 Å². The molecule has 1 saturated heterocycles. The molecule has 124 valence electrons. The molecular formula is C16H21N3O4. The molecule has 23 heavy (non-hydrogen) atoms. The Hall–Kier alpha value is -2.41. The van der Waals surface area contributed by atoms with Crippen LogP contribution >= 0.6 is 0 Å². The summed E-state index contributed by atoms with van der Waals surface area (Å²) >= 11 is 0. The number of esters is 1. The third-order valence-electron chi connectivity index (χ3n) is 3.77. The predicted molar refractivity (Wildman–Crippen MR) is 82.8 cm³/mol. The maximum Gasteiger partial charge on any atom is 0.329 e. The molecule has 0 saturated carbocycles. The number of hydrogen-bond acceptors (Lipinski definition) is 5. The van der Waals surface area contributed by atoms with E-state index in [4.69, 9.17) is 16.2 Å². The second kappa shape index (κ2) is 7.73. The number of primary amides is 1. The molecule has 1 heterocycles. The second-order valence-corrected chi connectivity index (χ2v) is 5.56. The zero-order valence-corrected chi connectivity index (χ0v) is 12.8. The van der Waals surface area contributed by atoms with Crippen molar-refractivity contribution >= 4 is 17.8 Å². The van der Waals surface area contributed by atoms with Gasteiger partial charge in [-0.25, -0.2) is 4.79 Å². The van der Waals surface area contributed by atoms with E-state index in [1.165, 1.54) is 4.90 Å². The molecule has 7 nitrogen and oxygen atoms in total. The first-order chi connectivity index (χ1) is 11.0. The highest BCUT2D eigenvalue weighted by Gasteiger charge is 2.37. The molecule has 1 aromatic rings. The van der Waals surface area contributed by atoms with E-state index >= 15 is 0 Å². The second-order valence-electron chi connectivity index (χ2n) is 5.56. The quantitative estimate of drug-likeness (QED) is 0.712. The van der Waals surface area contributed by atoms with Crippen LogP contribution in [0.5, 0.6) is 0 Å². The number of likely N-dealkylation sites (tertiary alicyclic amines) is 1. The van der Waals surface area contributed by atoms with E-state index in [0.717, 1.165) is 5.56 Å². The summed E-state index contributed by atoms with van der Waals surface area (Å²) in [5, 5.41) is 0. The average Bonchev–Trinajstić information content (AvgIpc) is 3.01. The van der Waals surface area contributed by atoms with Crippen molar-refractivity contribution in [3.8, 4) is 0 Å². The topological polar surface area (TPSA) is 116 Å². The van der Waals surface area contributed by atoms with Gasteiger partial charge in [-0.1, -0.05) is 30.3 Å². The van der Waals surface area contributed by atoms with Gasteiger partial charge in [-0.3, -0.25) is 9.59 Å². The van der Waals surface area contributed by atoms with Gasteiger partial charge in [-0.15, -0.1) is 0 Å². The maximum atomic E-state index is 12.3. The molecule has 0 aliphatic carbocycles. The number of amides is 2. The van der Waals surface area contributed by atoms with Crippen molar-refractivity contribution in [2.45, 2.75) is 38.0 Å². The molecule has 1 aromatic carbocycles. The van der Waals surface area contributed by atoms with Crippen LogP contribution in [0.25, 0.3) is 0 Å². The van der Waals surface area contributed by atoms with Crippen molar-refractivity contribution in [1.29, 1.82) is 0 Å². The van der Waals surface area contributed by atoms with Crippen LogP contribution < -0.4 is 11.5 Å². The van der Waals surface area contributed by atoms with Gasteiger partial charge in [0, 0.05) is 6.54 Å². The summed E-state index contributed by atoms with van der Waals surface area (Å²) in [5.74, 6) is -1.54. The monoisotopic (exact) mass is 319 g/mol. The van der Waals surface area contributed by atoms with Gasteiger partial charge >= 0.3 is 5.97 Å². The number of carbonyl (C=O) groups is 3. The molecule has 0 radical (unpaired) electrons. The SMILES string of the molecule is NC(=O)CC(N)C(=O)N1CCCC1C(=O)OCc1ccccc1. The molecule has 1 aliphatic rings. The van der Waals surface area contributed by atoms with Crippen LogP contribution in [-0.2, 0) is 25.7 Å². The van der Waals surface area contributed by atoms with Crippen molar-refractivity contribution < 1.29 is 19.1 Å². The lowest BCUT2D eigenvalue weighted by Gasteiger charge is -2.25. The number of nitrogens with two attached hydrogens (primary N) is 2. The van der Waals surface area contributed by atoms with Crippen molar-refractivity contribution in [2.75, 3.05) is 6.54 Å². The van der Waals surface area contributed by atoms with Gasteiger partial charge in [-0.2, -0.15) is 0 Å². The van der Waals surface area contributed by atoms with E-state index in [9.17, 15) is 14.4 Å². The van der Waals surface area contributed by atoms with Crippen LogP contribution in [0, 0.1) is 0 Å². The highest BCUT2D eigenvalue weighted by atomic mass is 16.5. The van der Waals surface area contributed by atoms with Crippen LogP contribution in [0.2, 0.25) is 0 Å². The van der Waals surface area contributed by atoms with Gasteiger partial charge in [0.25, 0.3) is 0 Å². The van der Waals surface area contributed by atoms with Gasteiger partial charge in [-0.05, 0) is 18.4 Å². The van der Waals surface area contributed by atoms with Gasteiger partial charge in [0.1, 0.15) is 12.6 Å². The van der Waals surface area contributed by atoms with Crippen LogP contribution in [-0.4, -0.2) is 41.3 Å². The molecule has 0 bridgehead atoms. The molecular weight excluding hydrogens is 298 g/mol. The van der Waals surface area contributed by atoms with Crippen molar-refractivity contribution in [2.24, 2.45) is 11.5 Å². The van der Waals surface area contributed by atoms with E-state index in [2.05, 4.69) is 0 Å². The van der Waals surface area contributed by atoms with Gasteiger partial charge in [0.2, 0.25) is 11.8 Å². The van der Waals surface area contributed by atoms with E-state index in [1.54, 1.807) is 0 Å². The molecule has 0 aromatic heterocycles. The average molecular weight is 319 g/mol. The number of benzene rings is 1. The van der Waals surface area contributed by atoms with E-state index < -0.39 is 29.9 Å². The van der Waals surface area contributed by atoms with Crippen molar-refractivity contribution in [1.82, 2.24) is 4.90 Å². The Morgan fingerprint density at radius 2 is 1.96 bits per heavy atom. The number of hydrogen-bond donors (Lipinski definition) is 2. The van der Waals surface area contributed by atoms with Crippen LogP contribution in [0.4, 0.5) is 0 Å². The molecule has 1 fully saturated rings. The lowest BCUT2D eigenvalue weighted by atomic mass is 10.1. The summed E-state index contributed by atoms with van der Waals surface area (Å²) in [6, 6.07) is 7.64. The predicted octanol–water partition coefficient (Wildman–Crippen LogP) is -0.0765. The van der Waals surface area contributed by atoms with Crippen LogP contribution in [0.3, 0.4) is 0 Å². The highest BCUT2D eigenvalue weighted by Crippen LogP contribution is 2.20. The normalized spacial score (nSPS) is 18.5. The lowest BCUT2D eigenvalue weighted by Crippen LogP contribution is -2.49. The highest BCUT2D eigenvalue weighted by molar-refractivity contribution is 5.91. The minimum Gasteiger partial charge on any atom is -0.459 e. The fourth-order valence-corrected chi connectivity index (χ4v) is 2.62. The minimum absolute atomic E-state index is 0.158. The molecule has 0 spiro atoms. The fraction of sp³-hybridized carbons (Fsp3) is 0.438. The van der Waals surface area contributed by atoms with Crippen LogP contribution in [0.1, 0.15) is 24.8 Å². The first kappa shape index (κ1) is 17.0. The summed E-state index contributed by atoms with van der Waals surface area (Å²) < 4.78 is 5.29. The van der Waals surface area contributed by atoms with Crippen molar-refractivity contribution in [3.63, 3.8) is 0 Å². The Morgan fingerprint density at radius 1 is 1.26 bits per heavy atom. The standard InChI is InChI=1S/C16H21N3O4/c17-12(9-14(18)20)15(21)19-8-4-7-13(19)16(22)23-10-11-5-2-1-3-6-11/h1-3,5-6,12-13H,4,7-10,17H2,(H2,18,20). The maximum absolute atomic E-state index is 12.3. The molecule has 2 atom stereocenters. The van der Waals surface area contributed by atoms with Gasteiger partial charge < -0.3 is 21.1 Å². The number of nitrogens with zero attached hydrogens (tertiary/aromatic N) is 1. The first-order valence-electron chi connectivity index (χ1n) is 7.54. The Balaban J connectivity index is 1.93. The third kappa shape index (κ3) is 4.53. The fourth-order valence-electron chi connectivity index (χ4n) is 2.62. The Labute approximate surface area is 134 Å². The zero-order valence-electron chi connectivity index (χ0n) is 12.8. The third-order valence-corrected chi connectivity index (χ3v) is 3.77. The molecule has 7 heteroatoms.